The quantitative estimate of drug-likeness (QED) is 0.174. The van der Waals surface area contributed by atoms with E-state index in [1.54, 1.807) is 0 Å². The highest BCUT2D eigenvalue weighted by atomic mass is 16.3. The number of rotatable bonds is 5. The van der Waals surface area contributed by atoms with Crippen molar-refractivity contribution in [3.63, 3.8) is 0 Å². The summed E-state index contributed by atoms with van der Waals surface area (Å²) in [5.74, 6) is 0. The van der Waals surface area contributed by atoms with Crippen LogP contribution in [0.3, 0.4) is 0 Å². The molecule has 2 aromatic heterocycles. The molecule has 0 saturated carbocycles. The van der Waals surface area contributed by atoms with Crippen molar-refractivity contribution in [2.24, 2.45) is 0 Å². The first-order valence-corrected chi connectivity index (χ1v) is 21.1. The van der Waals surface area contributed by atoms with Crippen LogP contribution in [0.2, 0.25) is 0 Å². The van der Waals surface area contributed by atoms with Gasteiger partial charge < -0.3 is 13.7 Å². The third-order valence-electron chi connectivity index (χ3n) is 12.9. The van der Waals surface area contributed by atoms with Crippen LogP contribution >= 0.6 is 0 Å². The summed E-state index contributed by atoms with van der Waals surface area (Å²) in [5.41, 5.74) is 16.3. The number of fused-ring (bicyclic) bond motifs is 9. The van der Waals surface area contributed by atoms with Crippen LogP contribution in [-0.2, 0) is 16.2 Å². The van der Waals surface area contributed by atoms with Gasteiger partial charge in [0.2, 0.25) is 0 Å². The van der Waals surface area contributed by atoms with E-state index in [0.29, 0.717) is 0 Å². The zero-order chi connectivity index (χ0) is 41.0. The SMILES string of the molecule is CC(C)(C)c1ccc2c(c1)oc1cc(N(c3ccc(C4(c5ccccc5)c5ccccc5-c5ccccc54)cc3)c3ccc4c(c3)oc3cc(C(C)(C)C)ccc34)ccc12. The van der Waals surface area contributed by atoms with E-state index in [1.165, 1.54) is 44.5 Å². The Morgan fingerprint density at radius 1 is 0.367 bits per heavy atom. The van der Waals surface area contributed by atoms with Gasteiger partial charge in [0.25, 0.3) is 0 Å². The summed E-state index contributed by atoms with van der Waals surface area (Å²) >= 11 is 0. The Bertz CT molecular complexity index is 3100. The maximum absolute atomic E-state index is 6.67. The van der Waals surface area contributed by atoms with Crippen LogP contribution in [-0.4, -0.2) is 0 Å². The number of benzene rings is 8. The fourth-order valence-electron chi connectivity index (χ4n) is 9.76. The van der Waals surface area contributed by atoms with Crippen molar-refractivity contribution in [1.29, 1.82) is 0 Å². The summed E-state index contributed by atoms with van der Waals surface area (Å²) in [6, 6.07) is 64.5. The molecule has 1 aliphatic rings. The second-order valence-electron chi connectivity index (χ2n) is 18.6. The Morgan fingerprint density at radius 2 is 0.750 bits per heavy atom. The summed E-state index contributed by atoms with van der Waals surface area (Å²) in [7, 11) is 0. The molecule has 0 aliphatic heterocycles. The topological polar surface area (TPSA) is 29.5 Å². The molecule has 3 heteroatoms. The van der Waals surface area contributed by atoms with Crippen molar-refractivity contribution >= 4 is 60.9 Å². The number of hydrogen-bond donors (Lipinski definition) is 0. The molecular weight excluding hydrogens is 731 g/mol. The van der Waals surface area contributed by atoms with Crippen molar-refractivity contribution in [3.8, 4) is 11.1 Å². The normalized spacial score (nSPS) is 13.6. The summed E-state index contributed by atoms with van der Waals surface area (Å²) in [5, 5.41) is 4.47. The molecule has 0 unspecified atom stereocenters. The molecule has 11 rings (SSSR count). The fraction of sp³-hybridized carbons (Fsp3) is 0.158. The van der Waals surface area contributed by atoms with Crippen molar-refractivity contribution in [3.05, 3.63) is 209 Å². The van der Waals surface area contributed by atoms with Gasteiger partial charge in [-0.15, -0.1) is 0 Å². The van der Waals surface area contributed by atoms with E-state index in [4.69, 9.17) is 8.83 Å². The molecule has 0 N–H and O–H groups in total. The highest BCUT2D eigenvalue weighted by Crippen LogP contribution is 2.56. The van der Waals surface area contributed by atoms with Crippen LogP contribution in [0.4, 0.5) is 17.1 Å². The minimum Gasteiger partial charge on any atom is -0.456 e. The maximum atomic E-state index is 6.67. The third-order valence-corrected chi connectivity index (χ3v) is 12.9. The number of hydrogen-bond acceptors (Lipinski definition) is 3. The molecule has 60 heavy (non-hydrogen) atoms. The molecule has 0 fully saturated rings. The predicted molar refractivity (Wildman–Crippen MR) is 250 cm³/mol. The largest absolute Gasteiger partial charge is 0.456 e. The first kappa shape index (κ1) is 36.3. The summed E-state index contributed by atoms with van der Waals surface area (Å²) in [6.07, 6.45) is 0. The molecular formula is C57H47NO2. The summed E-state index contributed by atoms with van der Waals surface area (Å²) in [4.78, 5) is 2.33. The number of furan rings is 2. The average molecular weight is 778 g/mol. The smallest absolute Gasteiger partial charge is 0.137 e. The van der Waals surface area contributed by atoms with Gasteiger partial charge in [-0.1, -0.05) is 157 Å². The van der Waals surface area contributed by atoms with Crippen molar-refractivity contribution in [1.82, 2.24) is 0 Å². The molecule has 0 radical (unpaired) electrons. The zero-order valence-corrected chi connectivity index (χ0v) is 35.0. The van der Waals surface area contributed by atoms with Gasteiger partial charge in [0.1, 0.15) is 22.3 Å². The summed E-state index contributed by atoms with van der Waals surface area (Å²) in [6.45, 7) is 13.5. The van der Waals surface area contributed by atoms with Gasteiger partial charge in [0, 0.05) is 50.7 Å². The van der Waals surface area contributed by atoms with Gasteiger partial charge in [-0.25, -0.2) is 0 Å². The second kappa shape index (κ2) is 13.1. The van der Waals surface area contributed by atoms with E-state index in [-0.39, 0.29) is 10.8 Å². The molecule has 0 bridgehead atoms. The van der Waals surface area contributed by atoms with Crippen LogP contribution < -0.4 is 4.90 Å². The van der Waals surface area contributed by atoms with Gasteiger partial charge in [0.05, 0.1) is 5.41 Å². The molecule has 3 nitrogen and oxygen atoms in total. The van der Waals surface area contributed by atoms with Crippen molar-refractivity contribution in [2.75, 3.05) is 4.90 Å². The van der Waals surface area contributed by atoms with E-state index in [2.05, 4.69) is 222 Å². The van der Waals surface area contributed by atoms with E-state index < -0.39 is 5.41 Å². The Hall–Kier alpha value is -6.84. The maximum Gasteiger partial charge on any atom is 0.137 e. The van der Waals surface area contributed by atoms with Gasteiger partial charge in [-0.3, -0.25) is 0 Å². The van der Waals surface area contributed by atoms with E-state index in [0.717, 1.165) is 60.9 Å². The molecule has 0 amide bonds. The van der Waals surface area contributed by atoms with Crippen molar-refractivity contribution in [2.45, 2.75) is 57.8 Å². The Labute approximate surface area is 351 Å². The third kappa shape index (κ3) is 5.49. The molecule has 1 aliphatic carbocycles. The van der Waals surface area contributed by atoms with Crippen LogP contribution in [0, 0.1) is 0 Å². The van der Waals surface area contributed by atoms with Crippen LogP contribution in [0.1, 0.15) is 74.9 Å². The second-order valence-corrected chi connectivity index (χ2v) is 18.6. The lowest BCUT2D eigenvalue weighted by Gasteiger charge is -2.34. The number of nitrogens with zero attached hydrogens (tertiary/aromatic N) is 1. The minimum atomic E-state index is -0.476. The fourth-order valence-corrected chi connectivity index (χ4v) is 9.76. The Morgan fingerprint density at radius 3 is 1.22 bits per heavy atom. The molecule has 8 aromatic carbocycles. The molecule has 292 valence electrons. The standard InChI is InChI=1S/C57H47NO2/c1-55(2,3)38-22-28-45-47-30-26-41(34-53(47)59-51(45)32-38)58(42-27-31-48-46-29-23-39(56(4,5)6)33-52(46)60-54(48)35-42)40-24-20-37(21-25-40)57(36-14-8-7-9-15-36)49-18-12-10-16-43(49)44-17-11-13-19-50(44)57/h7-35H,1-6H3. The van der Waals surface area contributed by atoms with Crippen molar-refractivity contribution < 1.29 is 8.83 Å². The van der Waals surface area contributed by atoms with Gasteiger partial charge in [0.15, 0.2) is 0 Å². The monoisotopic (exact) mass is 777 g/mol. The summed E-state index contributed by atoms with van der Waals surface area (Å²) < 4.78 is 13.3. The predicted octanol–water partition coefficient (Wildman–Crippen LogP) is 15.9. The molecule has 0 saturated heterocycles. The van der Waals surface area contributed by atoms with Gasteiger partial charge in [-0.2, -0.15) is 0 Å². The Balaban J connectivity index is 1.10. The van der Waals surface area contributed by atoms with Gasteiger partial charge in [-0.05, 0) is 104 Å². The number of anilines is 3. The highest BCUT2D eigenvalue weighted by Gasteiger charge is 2.45. The van der Waals surface area contributed by atoms with E-state index in [9.17, 15) is 0 Å². The Kier molecular flexibility index (Phi) is 7.90. The lowest BCUT2D eigenvalue weighted by atomic mass is 9.68. The molecule has 2 heterocycles. The molecule has 0 atom stereocenters. The first-order valence-electron chi connectivity index (χ1n) is 21.1. The average Bonchev–Trinajstić information content (AvgIpc) is 3.91. The first-order chi connectivity index (χ1) is 29.0. The molecule has 10 aromatic rings. The van der Waals surface area contributed by atoms with E-state index in [1.807, 2.05) is 0 Å². The van der Waals surface area contributed by atoms with Gasteiger partial charge >= 0.3 is 0 Å². The van der Waals surface area contributed by atoms with Crippen LogP contribution in [0.25, 0.3) is 55.0 Å². The van der Waals surface area contributed by atoms with E-state index >= 15 is 0 Å². The lowest BCUT2D eigenvalue weighted by Crippen LogP contribution is -2.28. The zero-order valence-electron chi connectivity index (χ0n) is 35.0. The van der Waals surface area contributed by atoms with Crippen LogP contribution in [0.15, 0.2) is 185 Å². The highest BCUT2D eigenvalue weighted by molar-refractivity contribution is 6.08. The minimum absolute atomic E-state index is 0.0205. The lowest BCUT2D eigenvalue weighted by molar-refractivity contribution is 0.587. The molecule has 0 spiro atoms. The van der Waals surface area contributed by atoms with Crippen LogP contribution in [0.5, 0.6) is 0 Å².